The number of urea groups is 1. The van der Waals surface area contributed by atoms with Crippen LogP contribution in [-0.4, -0.2) is 26.8 Å². The zero-order valence-corrected chi connectivity index (χ0v) is 10.2. The Balaban J connectivity index is 2.51. The van der Waals surface area contributed by atoms with Gasteiger partial charge in [-0.1, -0.05) is 6.07 Å². The molecule has 0 saturated heterocycles. The van der Waals surface area contributed by atoms with Gasteiger partial charge in [0.25, 0.3) is 0 Å². The van der Waals surface area contributed by atoms with Crippen molar-refractivity contribution in [1.29, 1.82) is 0 Å². The number of hydrogen-bond acceptors (Lipinski definition) is 3. The van der Waals surface area contributed by atoms with Crippen LogP contribution in [0.5, 0.6) is 11.5 Å². The van der Waals surface area contributed by atoms with Crippen LogP contribution in [-0.2, 0) is 6.42 Å². The van der Waals surface area contributed by atoms with E-state index in [2.05, 4.69) is 5.32 Å². The van der Waals surface area contributed by atoms with Gasteiger partial charge in [-0.15, -0.1) is 0 Å². The van der Waals surface area contributed by atoms with Gasteiger partial charge in [-0.05, 0) is 30.5 Å². The quantitative estimate of drug-likeness (QED) is 0.734. The predicted octanol–water partition coefficient (Wildman–Crippen LogP) is 1.30. The van der Waals surface area contributed by atoms with Crippen LogP contribution in [0, 0.1) is 0 Å². The molecular formula is C12H18N2O3. The third kappa shape index (κ3) is 4.22. The molecule has 1 aromatic rings. The van der Waals surface area contributed by atoms with Crippen molar-refractivity contribution in [2.75, 3.05) is 20.8 Å². The van der Waals surface area contributed by atoms with Crippen LogP contribution in [0.2, 0.25) is 0 Å². The molecule has 0 aromatic heterocycles. The fraction of sp³-hybridized carbons (Fsp3) is 0.417. The average molecular weight is 238 g/mol. The van der Waals surface area contributed by atoms with Gasteiger partial charge in [0.2, 0.25) is 0 Å². The van der Waals surface area contributed by atoms with E-state index in [1.54, 1.807) is 14.2 Å². The molecular weight excluding hydrogens is 220 g/mol. The Kier molecular flexibility index (Phi) is 5.13. The summed E-state index contributed by atoms with van der Waals surface area (Å²) in [5, 5.41) is 2.55. The van der Waals surface area contributed by atoms with Crippen LogP contribution in [0.25, 0.3) is 0 Å². The summed E-state index contributed by atoms with van der Waals surface area (Å²) in [4.78, 5) is 10.5. The number of nitrogens with one attached hydrogen (secondary N) is 1. The number of amides is 2. The third-order valence-corrected chi connectivity index (χ3v) is 2.39. The van der Waals surface area contributed by atoms with Gasteiger partial charge < -0.3 is 20.5 Å². The highest BCUT2D eigenvalue weighted by atomic mass is 16.5. The minimum atomic E-state index is -0.489. The molecule has 5 heteroatoms. The van der Waals surface area contributed by atoms with Crippen molar-refractivity contribution in [3.05, 3.63) is 23.8 Å². The van der Waals surface area contributed by atoms with Crippen molar-refractivity contribution in [2.24, 2.45) is 5.73 Å². The molecule has 3 N–H and O–H groups in total. The van der Waals surface area contributed by atoms with E-state index in [1.807, 2.05) is 18.2 Å². The molecule has 0 unspecified atom stereocenters. The zero-order valence-electron chi connectivity index (χ0n) is 10.2. The number of aryl methyl sites for hydroxylation is 1. The Hall–Kier alpha value is -1.91. The van der Waals surface area contributed by atoms with E-state index in [0.717, 1.165) is 18.4 Å². The highest BCUT2D eigenvalue weighted by Crippen LogP contribution is 2.27. The number of carbonyl (C=O) groups excluding carboxylic acids is 1. The highest BCUT2D eigenvalue weighted by Gasteiger charge is 2.04. The Labute approximate surface area is 101 Å². The number of rotatable bonds is 6. The summed E-state index contributed by atoms with van der Waals surface area (Å²) in [5.74, 6) is 1.43. The molecule has 17 heavy (non-hydrogen) atoms. The fourth-order valence-corrected chi connectivity index (χ4v) is 1.54. The van der Waals surface area contributed by atoms with Gasteiger partial charge in [-0.25, -0.2) is 4.79 Å². The molecule has 1 aromatic carbocycles. The van der Waals surface area contributed by atoms with Crippen molar-refractivity contribution < 1.29 is 14.3 Å². The normalized spacial score (nSPS) is 9.76. The molecule has 0 saturated carbocycles. The van der Waals surface area contributed by atoms with Crippen LogP contribution in [0.15, 0.2) is 18.2 Å². The average Bonchev–Trinajstić information content (AvgIpc) is 2.34. The summed E-state index contributed by atoms with van der Waals surface area (Å²) < 4.78 is 10.4. The molecule has 1 rings (SSSR count). The number of benzene rings is 1. The van der Waals surface area contributed by atoms with E-state index in [0.29, 0.717) is 18.0 Å². The second-order valence-corrected chi connectivity index (χ2v) is 3.58. The minimum Gasteiger partial charge on any atom is -0.493 e. The van der Waals surface area contributed by atoms with Crippen LogP contribution >= 0.6 is 0 Å². The number of primary amides is 1. The van der Waals surface area contributed by atoms with E-state index in [9.17, 15) is 4.79 Å². The zero-order chi connectivity index (χ0) is 12.7. The predicted molar refractivity (Wildman–Crippen MR) is 65.5 cm³/mol. The minimum absolute atomic E-state index is 0.489. The summed E-state index contributed by atoms with van der Waals surface area (Å²) in [5.41, 5.74) is 6.10. The van der Waals surface area contributed by atoms with E-state index in [4.69, 9.17) is 15.2 Å². The molecule has 0 fully saturated rings. The van der Waals surface area contributed by atoms with Gasteiger partial charge in [0, 0.05) is 6.54 Å². The fourth-order valence-electron chi connectivity index (χ4n) is 1.54. The van der Waals surface area contributed by atoms with E-state index in [1.165, 1.54) is 0 Å². The molecule has 2 amide bonds. The summed E-state index contributed by atoms with van der Waals surface area (Å²) in [7, 11) is 3.21. The van der Waals surface area contributed by atoms with Crippen LogP contribution in [0.3, 0.4) is 0 Å². The third-order valence-electron chi connectivity index (χ3n) is 2.39. The van der Waals surface area contributed by atoms with Gasteiger partial charge in [-0.3, -0.25) is 0 Å². The topological polar surface area (TPSA) is 73.6 Å². The molecule has 94 valence electrons. The van der Waals surface area contributed by atoms with Gasteiger partial charge in [0.1, 0.15) is 0 Å². The molecule has 0 atom stereocenters. The van der Waals surface area contributed by atoms with Crippen LogP contribution < -0.4 is 20.5 Å². The number of ether oxygens (including phenoxy) is 2. The van der Waals surface area contributed by atoms with E-state index < -0.39 is 6.03 Å². The maximum atomic E-state index is 10.5. The Bertz CT molecular complexity index is 380. The van der Waals surface area contributed by atoms with E-state index >= 15 is 0 Å². The van der Waals surface area contributed by atoms with Crippen molar-refractivity contribution in [2.45, 2.75) is 12.8 Å². The van der Waals surface area contributed by atoms with Gasteiger partial charge >= 0.3 is 6.03 Å². The standard InChI is InChI=1S/C12H18N2O3/c1-16-10-6-5-9(8-11(10)17-2)4-3-7-14-12(13)15/h5-6,8H,3-4,7H2,1-2H3,(H3,13,14,15). The SMILES string of the molecule is COc1ccc(CCCNC(N)=O)cc1OC. The lowest BCUT2D eigenvalue weighted by molar-refractivity contribution is 0.249. The molecule has 0 aliphatic heterocycles. The molecule has 0 spiro atoms. The second-order valence-electron chi connectivity index (χ2n) is 3.58. The van der Waals surface area contributed by atoms with Crippen LogP contribution in [0.4, 0.5) is 4.79 Å². The molecule has 0 bridgehead atoms. The van der Waals surface area contributed by atoms with Crippen molar-refractivity contribution in [3.63, 3.8) is 0 Å². The lowest BCUT2D eigenvalue weighted by atomic mass is 10.1. The Morgan fingerprint density at radius 2 is 2.00 bits per heavy atom. The Morgan fingerprint density at radius 3 is 2.59 bits per heavy atom. The molecule has 0 aliphatic carbocycles. The van der Waals surface area contributed by atoms with Crippen molar-refractivity contribution in [3.8, 4) is 11.5 Å². The number of hydrogen-bond donors (Lipinski definition) is 2. The van der Waals surface area contributed by atoms with Gasteiger partial charge in [0.05, 0.1) is 14.2 Å². The summed E-state index contributed by atoms with van der Waals surface area (Å²) >= 11 is 0. The number of methoxy groups -OCH3 is 2. The smallest absolute Gasteiger partial charge is 0.312 e. The lowest BCUT2D eigenvalue weighted by Gasteiger charge is -2.09. The van der Waals surface area contributed by atoms with Crippen LogP contribution in [0.1, 0.15) is 12.0 Å². The Morgan fingerprint density at radius 1 is 1.29 bits per heavy atom. The van der Waals surface area contributed by atoms with Gasteiger partial charge in [-0.2, -0.15) is 0 Å². The molecule has 5 nitrogen and oxygen atoms in total. The first-order valence-electron chi connectivity index (χ1n) is 5.41. The lowest BCUT2D eigenvalue weighted by Crippen LogP contribution is -2.30. The maximum Gasteiger partial charge on any atom is 0.312 e. The van der Waals surface area contributed by atoms with E-state index in [-0.39, 0.29) is 0 Å². The summed E-state index contributed by atoms with van der Waals surface area (Å²) in [6.45, 7) is 0.573. The summed E-state index contributed by atoms with van der Waals surface area (Å²) in [6, 6.07) is 5.29. The van der Waals surface area contributed by atoms with Crippen molar-refractivity contribution in [1.82, 2.24) is 5.32 Å². The second kappa shape index (κ2) is 6.62. The first-order chi connectivity index (χ1) is 8.17. The monoisotopic (exact) mass is 238 g/mol. The largest absolute Gasteiger partial charge is 0.493 e. The first-order valence-corrected chi connectivity index (χ1v) is 5.41. The molecule has 0 radical (unpaired) electrons. The van der Waals surface area contributed by atoms with Gasteiger partial charge in [0.15, 0.2) is 11.5 Å². The summed E-state index contributed by atoms with van der Waals surface area (Å²) in [6.07, 6.45) is 1.68. The number of carbonyl (C=O) groups is 1. The van der Waals surface area contributed by atoms with Crippen molar-refractivity contribution >= 4 is 6.03 Å². The maximum absolute atomic E-state index is 10.5. The number of nitrogens with two attached hydrogens (primary N) is 1. The highest BCUT2D eigenvalue weighted by molar-refractivity contribution is 5.71. The molecule has 0 aliphatic rings. The first kappa shape index (κ1) is 13.2. The molecule has 0 heterocycles.